The Morgan fingerprint density at radius 2 is 1.30 bits per heavy atom. The standard InChI is InChI=1S/C50H86NO11P/c1-6-8-10-11-12-13-14-15-16-17-18-19-20-21-22-23-24-25-31-35-50(56)62-44(42-61-63(57,58)60-39-38-51(3,4)5)41-59-49(55)34-30-27-26-29-33-45-46(48(54)40-47(45)53)37-36-43(52)32-28-9-7-2/h12-13,15-16,18-19,21-22,24-25,36-37,43-48,52-54H,6-11,14,17,20,23,26-35,38-42H2,1-5H3/b13-12-,16-15-,19-18-,22-21-,25-24-,37-36+/t43-,44+,45+,46+,47-,48+/m0/s1. The van der Waals surface area contributed by atoms with Gasteiger partial charge in [-0.2, -0.15) is 0 Å². The first kappa shape index (κ1) is 58.3. The van der Waals surface area contributed by atoms with Gasteiger partial charge in [-0.05, 0) is 70.1 Å². The first-order chi connectivity index (χ1) is 30.2. The number of phosphoric acid groups is 1. The zero-order valence-electron chi connectivity index (χ0n) is 39.6. The SMILES string of the molecule is CCCCC/C=C\C/C=C\C/C=C\C/C=C\C/C=C\CCC(=O)O[C@H](COC(=O)CCCCCC[C@@H]1[C@@H](/C=C/[C@@H](O)CCCCC)[C@H](O)C[C@@H]1O)COP(=O)([O-])OCC[N+](C)(C)C. The van der Waals surface area contributed by atoms with Crippen molar-refractivity contribution in [3.8, 4) is 0 Å². The average molecular weight is 908 g/mol. The Morgan fingerprint density at radius 1 is 0.714 bits per heavy atom. The van der Waals surface area contributed by atoms with E-state index in [0.717, 1.165) is 77.0 Å². The van der Waals surface area contributed by atoms with Gasteiger partial charge in [0.25, 0.3) is 7.82 Å². The van der Waals surface area contributed by atoms with Crippen molar-refractivity contribution in [1.29, 1.82) is 0 Å². The number of ether oxygens (including phenoxy) is 2. The highest BCUT2D eigenvalue weighted by atomic mass is 31.2. The molecule has 13 heteroatoms. The molecule has 0 spiro atoms. The fraction of sp³-hybridized carbons (Fsp3) is 0.720. The second-order valence-electron chi connectivity index (χ2n) is 17.7. The van der Waals surface area contributed by atoms with Gasteiger partial charge in [-0.1, -0.05) is 138 Å². The highest BCUT2D eigenvalue weighted by Gasteiger charge is 2.39. The van der Waals surface area contributed by atoms with E-state index in [4.69, 9.17) is 18.5 Å². The molecule has 63 heavy (non-hydrogen) atoms. The summed E-state index contributed by atoms with van der Waals surface area (Å²) in [5.74, 6) is -1.37. The van der Waals surface area contributed by atoms with Gasteiger partial charge in [-0.15, -0.1) is 0 Å². The molecule has 0 heterocycles. The van der Waals surface area contributed by atoms with Crippen molar-refractivity contribution < 1.29 is 57.4 Å². The largest absolute Gasteiger partial charge is 0.756 e. The zero-order valence-corrected chi connectivity index (χ0v) is 40.5. The normalized spacial score (nSPS) is 20.6. The van der Waals surface area contributed by atoms with Crippen LogP contribution in [-0.2, 0) is 32.7 Å². The fourth-order valence-electron chi connectivity index (χ4n) is 7.03. The van der Waals surface area contributed by atoms with E-state index >= 15 is 0 Å². The Labute approximate surface area is 381 Å². The van der Waals surface area contributed by atoms with Crippen LogP contribution in [0.2, 0.25) is 0 Å². The summed E-state index contributed by atoms with van der Waals surface area (Å²) < 4.78 is 33.8. The number of esters is 2. The van der Waals surface area contributed by atoms with Gasteiger partial charge in [-0.25, -0.2) is 0 Å². The van der Waals surface area contributed by atoms with Gasteiger partial charge >= 0.3 is 11.9 Å². The molecule has 7 atom stereocenters. The summed E-state index contributed by atoms with van der Waals surface area (Å²) in [7, 11) is 0.992. The Hall–Kier alpha value is -2.67. The van der Waals surface area contributed by atoms with E-state index in [9.17, 15) is 34.4 Å². The molecule has 0 saturated heterocycles. The number of rotatable bonds is 38. The predicted molar refractivity (Wildman–Crippen MR) is 251 cm³/mol. The molecule has 1 aliphatic carbocycles. The van der Waals surface area contributed by atoms with Crippen molar-refractivity contribution >= 4 is 19.8 Å². The molecule has 1 unspecified atom stereocenters. The van der Waals surface area contributed by atoms with Gasteiger partial charge in [0.2, 0.25) is 0 Å². The molecule has 0 bridgehead atoms. The number of carbonyl (C=O) groups is 2. The lowest BCUT2D eigenvalue weighted by Crippen LogP contribution is -2.37. The number of hydrogen-bond donors (Lipinski definition) is 3. The van der Waals surface area contributed by atoms with Crippen LogP contribution in [0.4, 0.5) is 0 Å². The maximum Gasteiger partial charge on any atom is 0.306 e. The van der Waals surface area contributed by atoms with Crippen molar-refractivity contribution in [3.63, 3.8) is 0 Å². The number of likely N-dealkylation sites (N-methyl/N-ethyl adjacent to an activating group) is 1. The molecule has 362 valence electrons. The minimum atomic E-state index is -4.71. The maximum atomic E-state index is 12.7. The Balaban J connectivity index is 2.50. The molecule has 0 aromatic rings. The number of aliphatic hydroxyl groups excluding tert-OH is 3. The topological polar surface area (TPSA) is 172 Å². The van der Waals surface area contributed by atoms with Crippen LogP contribution in [0.5, 0.6) is 0 Å². The third kappa shape index (κ3) is 33.5. The fourth-order valence-corrected chi connectivity index (χ4v) is 7.76. The minimum Gasteiger partial charge on any atom is -0.756 e. The maximum absolute atomic E-state index is 12.7. The molecule has 0 aromatic heterocycles. The van der Waals surface area contributed by atoms with Gasteiger partial charge in [0, 0.05) is 25.2 Å². The lowest BCUT2D eigenvalue weighted by atomic mass is 9.88. The second kappa shape index (κ2) is 36.5. The van der Waals surface area contributed by atoms with Gasteiger partial charge in [0.15, 0.2) is 6.10 Å². The molecule has 1 fully saturated rings. The van der Waals surface area contributed by atoms with E-state index < -0.39 is 50.8 Å². The van der Waals surface area contributed by atoms with Crippen molar-refractivity contribution in [3.05, 3.63) is 72.9 Å². The Kier molecular flexibility index (Phi) is 33.8. The molecule has 1 saturated carbocycles. The van der Waals surface area contributed by atoms with Crippen LogP contribution >= 0.6 is 7.82 Å². The molecule has 3 N–H and O–H groups in total. The number of carbonyl (C=O) groups excluding carboxylic acids is 2. The number of phosphoric ester groups is 1. The Bertz CT molecular complexity index is 1420. The van der Waals surface area contributed by atoms with Crippen LogP contribution in [0.15, 0.2) is 72.9 Å². The van der Waals surface area contributed by atoms with Gasteiger partial charge in [0.05, 0.1) is 46.1 Å². The van der Waals surface area contributed by atoms with E-state index in [0.29, 0.717) is 36.7 Å². The van der Waals surface area contributed by atoms with Crippen LogP contribution in [0, 0.1) is 11.8 Å². The van der Waals surface area contributed by atoms with E-state index in [1.54, 1.807) is 6.08 Å². The molecular weight excluding hydrogens is 822 g/mol. The quantitative estimate of drug-likeness (QED) is 0.0177. The molecule has 12 nitrogen and oxygen atoms in total. The molecule has 1 rings (SSSR count). The molecular formula is C50H86NO11P. The monoisotopic (exact) mass is 908 g/mol. The highest BCUT2D eigenvalue weighted by Crippen LogP contribution is 2.39. The lowest BCUT2D eigenvalue weighted by molar-refractivity contribution is -0.870. The predicted octanol–water partition coefficient (Wildman–Crippen LogP) is 9.55. The number of hydrogen-bond acceptors (Lipinski definition) is 11. The summed E-state index contributed by atoms with van der Waals surface area (Å²) in [5.41, 5.74) is 0. The van der Waals surface area contributed by atoms with Gasteiger partial charge < -0.3 is 43.2 Å². The van der Waals surface area contributed by atoms with Gasteiger partial charge in [-0.3, -0.25) is 14.2 Å². The minimum absolute atomic E-state index is 0.0550. The third-order valence-electron chi connectivity index (χ3n) is 10.8. The van der Waals surface area contributed by atoms with E-state index in [-0.39, 0.29) is 37.9 Å². The van der Waals surface area contributed by atoms with E-state index in [1.165, 1.54) is 19.3 Å². The molecule has 0 aromatic carbocycles. The smallest absolute Gasteiger partial charge is 0.306 e. The average Bonchev–Trinajstić information content (AvgIpc) is 3.50. The molecule has 0 aliphatic heterocycles. The first-order valence-electron chi connectivity index (χ1n) is 23.9. The summed E-state index contributed by atoms with van der Waals surface area (Å²) in [6.45, 7) is 3.76. The zero-order chi connectivity index (χ0) is 46.6. The van der Waals surface area contributed by atoms with Crippen molar-refractivity contribution in [2.45, 2.75) is 173 Å². The highest BCUT2D eigenvalue weighted by molar-refractivity contribution is 7.45. The van der Waals surface area contributed by atoms with Crippen molar-refractivity contribution in [2.24, 2.45) is 11.8 Å². The van der Waals surface area contributed by atoms with Crippen LogP contribution in [-0.4, -0.2) is 104 Å². The summed E-state index contributed by atoms with van der Waals surface area (Å²) >= 11 is 0. The molecule has 1 aliphatic rings. The van der Waals surface area contributed by atoms with Crippen LogP contribution in [0.1, 0.15) is 149 Å². The second-order valence-corrected chi connectivity index (χ2v) is 19.1. The molecule has 0 radical (unpaired) electrons. The van der Waals surface area contributed by atoms with Crippen molar-refractivity contribution in [1.82, 2.24) is 0 Å². The van der Waals surface area contributed by atoms with E-state index in [2.05, 4.69) is 62.5 Å². The third-order valence-corrected chi connectivity index (χ3v) is 11.8. The number of aliphatic hydroxyl groups is 3. The first-order valence-corrected chi connectivity index (χ1v) is 25.4. The number of quaternary nitrogens is 1. The van der Waals surface area contributed by atoms with Crippen molar-refractivity contribution in [2.75, 3.05) is 47.5 Å². The van der Waals surface area contributed by atoms with Crippen LogP contribution in [0.25, 0.3) is 0 Å². The number of allylic oxidation sites excluding steroid dienone is 10. The van der Waals surface area contributed by atoms with Crippen LogP contribution < -0.4 is 4.89 Å². The molecule has 0 amide bonds. The Morgan fingerprint density at radius 3 is 1.92 bits per heavy atom. The number of nitrogens with zero attached hydrogens (tertiary/aromatic N) is 1. The van der Waals surface area contributed by atoms with Crippen LogP contribution in [0.3, 0.4) is 0 Å². The summed E-state index contributed by atoms with van der Waals surface area (Å²) in [6, 6.07) is 0. The summed E-state index contributed by atoms with van der Waals surface area (Å²) in [4.78, 5) is 37.8. The summed E-state index contributed by atoms with van der Waals surface area (Å²) in [6.07, 6.45) is 38.7. The van der Waals surface area contributed by atoms with E-state index in [1.807, 2.05) is 39.4 Å². The lowest BCUT2D eigenvalue weighted by Gasteiger charge is -2.28. The number of unbranched alkanes of at least 4 members (excludes halogenated alkanes) is 8. The summed E-state index contributed by atoms with van der Waals surface area (Å²) in [5, 5.41) is 31.4. The van der Waals surface area contributed by atoms with Gasteiger partial charge in [0.1, 0.15) is 19.8 Å².